The number of carbonyl (C=O) groups excluding carboxylic acids is 12. The van der Waals surface area contributed by atoms with Gasteiger partial charge < -0.3 is 85.3 Å². The Morgan fingerprint density at radius 3 is 1.58 bits per heavy atom. The third-order valence-electron chi connectivity index (χ3n) is 12.6. The lowest BCUT2D eigenvalue weighted by Gasteiger charge is -2.29. The van der Waals surface area contributed by atoms with Gasteiger partial charge in [-0.2, -0.15) is 0 Å². The summed E-state index contributed by atoms with van der Waals surface area (Å²) >= 11 is 0.502. The molecule has 0 aliphatic carbocycles. The molecule has 11 amide bonds. The molecule has 0 unspecified atom stereocenters. The van der Waals surface area contributed by atoms with Gasteiger partial charge in [0.1, 0.15) is 54.4 Å². The van der Waals surface area contributed by atoms with E-state index in [-0.39, 0.29) is 57.5 Å². The second-order valence-corrected chi connectivity index (χ2v) is 21.0. The van der Waals surface area contributed by atoms with Crippen LogP contribution in [-0.4, -0.2) is 195 Å². The average Bonchev–Trinajstić information content (AvgIpc) is 3.93. The third-order valence-corrected chi connectivity index (χ3v) is 13.4. The first-order valence-electron chi connectivity index (χ1n) is 27.3. The van der Waals surface area contributed by atoms with Gasteiger partial charge >= 0.3 is 17.9 Å². The molecule has 0 bridgehead atoms. The fraction of sp³-hybridized carbons (Fsp3) is 0.700. The SMILES string of the molecule is CCC(=O)N[C@@H](CCCCN)C(=O)N[C@@H](CC(=O)O)C(=O)N[C@@H](C)C(=O)N[C@@H](CCC(N)=O)C(=O)N[C@@H](C)C(=O)NCC(=O)N[C@@H](CCCCN)C(=O)N[C@@H](CCC(=O)O)C(=O)N1CCC[C@H]1C(=O)NCC(=O)SN[C@@H](CC(C)C)C(=O)O. The first kappa shape index (κ1) is 73.5. The number of aliphatic carboxylic acids is 3. The molecule has 0 spiro atoms. The highest BCUT2D eigenvalue weighted by Gasteiger charge is 2.39. The standard InChI is InChI=1S/C50H84N14O18S/c1-6-37(66)58-29(12-7-9-19-51)46(77)62-33(23-40(70)71)47(78)57-28(5)43(74)60-31(15-17-36(53)65)44(75)56-27(4)42(73)54-24-38(67)59-30(13-8-10-20-52)45(76)61-32(16-18-39(68)69)49(80)64-21-11-14-35(64)48(79)55-25-41(72)83-63-34(50(81)82)22-26(2)3/h26-35,63H,6-25,51-52H2,1-5H3,(H2,53,65)(H,54,73)(H,55,79)(H,56,75)(H,57,78)(H,58,66)(H,59,67)(H,60,74)(H,61,76)(H,62,77)(H,68,69)(H,70,71)(H,81,82)/t27-,28-,29-,30-,31-,32-,33-,34-,35-/m0/s1. The molecule has 1 aliphatic heterocycles. The first-order chi connectivity index (χ1) is 39.0. The Hall–Kier alpha value is -7.52. The zero-order chi connectivity index (χ0) is 62.9. The average molecular weight is 1200 g/mol. The quantitative estimate of drug-likeness (QED) is 0.0202. The number of hydrogen-bond acceptors (Lipinski definition) is 19. The normalized spacial score (nSPS) is 15.7. The van der Waals surface area contributed by atoms with Gasteiger partial charge in [-0.25, -0.2) is 4.72 Å². The van der Waals surface area contributed by atoms with Crippen LogP contribution in [0.1, 0.15) is 131 Å². The van der Waals surface area contributed by atoms with Crippen LogP contribution in [-0.2, 0) is 71.9 Å². The van der Waals surface area contributed by atoms with Crippen molar-refractivity contribution in [1.82, 2.24) is 57.5 Å². The molecule has 0 aromatic heterocycles. The lowest BCUT2D eigenvalue weighted by atomic mass is 10.1. The van der Waals surface area contributed by atoms with E-state index in [0.717, 1.165) is 11.8 Å². The first-order valence-corrected chi connectivity index (χ1v) is 28.1. The monoisotopic (exact) mass is 1200 g/mol. The van der Waals surface area contributed by atoms with Crippen molar-refractivity contribution in [1.29, 1.82) is 0 Å². The highest BCUT2D eigenvalue weighted by molar-refractivity contribution is 8.12. The summed E-state index contributed by atoms with van der Waals surface area (Å²) in [6, 6.07) is -12.5. The Kier molecular flexibility index (Phi) is 34.6. The maximum absolute atomic E-state index is 14.0. The number of nitrogens with zero attached hydrogens (tertiary/aromatic N) is 1. The van der Waals surface area contributed by atoms with E-state index in [1.54, 1.807) is 20.8 Å². The van der Waals surface area contributed by atoms with Crippen LogP contribution in [0.3, 0.4) is 0 Å². The lowest BCUT2D eigenvalue weighted by molar-refractivity contribution is -0.143. The number of hydrogen-bond donors (Lipinski definition) is 16. The number of nitrogens with one attached hydrogen (secondary N) is 10. The molecule has 0 saturated carbocycles. The van der Waals surface area contributed by atoms with E-state index in [1.807, 2.05) is 0 Å². The molecule has 468 valence electrons. The zero-order valence-corrected chi connectivity index (χ0v) is 48.3. The molecule has 0 aromatic rings. The van der Waals surface area contributed by atoms with Crippen LogP contribution in [0, 0.1) is 5.92 Å². The molecular weight excluding hydrogens is 1120 g/mol. The maximum atomic E-state index is 14.0. The molecular formula is C50H84N14O18S. The minimum Gasteiger partial charge on any atom is -0.481 e. The van der Waals surface area contributed by atoms with Crippen LogP contribution >= 0.6 is 11.9 Å². The van der Waals surface area contributed by atoms with Gasteiger partial charge in [-0.05, 0) is 115 Å². The van der Waals surface area contributed by atoms with Gasteiger partial charge in [0.05, 0.1) is 19.5 Å². The summed E-state index contributed by atoms with van der Waals surface area (Å²) in [4.78, 5) is 193. The van der Waals surface area contributed by atoms with Crippen molar-refractivity contribution < 1.29 is 87.2 Å². The molecule has 1 saturated heterocycles. The number of carboxylic acid groups (broad SMARTS) is 3. The van der Waals surface area contributed by atoms with Gasteiger partial charge in [0, 0.05) is 25.8 Å². The van der Waals surface area contributed by atoms with E-state index in [2.05, 4.69) is 52.6 Å². The van der Waals surface area contributed by atoms with Crippen LogP contribution in [0.2, 0.25) is 0 Å². The predicted octanol–water partition coefficient (Wildman–Crippen LogP) is -4.82. The van der Waals surface area contributed by atoms with E-state index < -0.39 is 188 Å². The molecule has 19 N–H and O–H groups in total. The Balaban J connectivity index is 3.10. The number of rotatable bonds is 41. The number of primary amides is 1. The molecule has 1 aliphatic rings. The largest absolute Gasteiger partial charge is 0.481 e. The van der Waals surface area contributed by atoms with E-state index >= 15 is 0 Å². The maximum Gasteiger partial charge on any atom is 0.321 e. The molecule has 1 fully saturated rings. The Bertz CT molecular complexity index is 2290. The number of carboxylic acids is 3. The minimum absolute atomic E-state index is 0.000325. The van der Waals surface area contributed by atoms with Gasteiger partial charge in [-0.1, -0.05) is 20.8 Å². The third kappa shape index (κ3) is 29.3. The molecule has 1 rings (SSSR count). The van der Waals surface area contributed by atoms with Crippen molar-refractivity contribution in [2.24, 2.45) is 23.1 Å². The van der Waals surface area contributed by atoms with Gasteiger partial charge in [0.15, 0.2) is 0 Å². The second kappa shape index (κ2) is 39.0. The molecule has 0 aromatic carbocycles. The number of unbranched alkanes of at least 4 members (excludes halogenated alkanes) is 2. The highest BCUT2D eigenvalue weighted by Crippen LogP contribution is 2.20. The van der Waals surface area contributed by atoms with Gasteiger partial charge in [-0.3, -0.25) is 71.9 Å². The van der Waals surface area contributed by atoms with Crippen molar-refractivity contribution in [2.75, 3.05) is 32.7 Å². The van der Waals surface area contributed by atoms with Crippen LogP contribution in [0.25, 0.3) is 0 Å². The molecule has 0 radical (unpaired) electrons. The lowest BCUT2D eigenvalue weighted by Crippen LogP contribution is -2.59. The minimum atomic E-state index is -1.74. The van der Waals surface area contributed by atoms with Crippen molar-refractivity contribution in [3.05, 3.63) is 0 Å². The van der Waals surface area contributed by atoms with Gasteiger partial charge in [-0.15, -0.1) is 0 Å². The van der Waals surface area contributed by atoms with E-state index in [9.17, 15) is 87.2 Å². The molecule has 33 heteroatoms. The fourth-order valence-corrected chi connectivity index (χ4v) is 8.69. The van der Waals surface area contributed by atoms with Crippen molar-refractivity contribution in [3.8, 4) is 0 Å². The Morgan fingerprint density at radius 1 is 0.554 bits per heavy atom. The van der Waals surface area contributed by atoms with E-state index in [4.69, 9.17) is 17.2 Å². The Morgan fingerprint density at radius 2 is 1.06 bits per heavy atom. The Labute approximate surface area is 484 Å². The number of amides is 11. The summed E-state index contributed by atoms with van der Waals surface area (Å²) in [5.74, 6) is -13.8. The molecule has 83 heavy (non-hydrogen) atoms. The zero-order valence-electron chi connectivity index (χ0n) is 47.5. The molecule has 9 atom stereocenters. The molecule has 32 nitrogen and oxygen atoms in total. The summed E-state index contributed by atoms with van der Waals surface area (Å²) in [5.41, 5.74) is 16.5. The van der Waals surface area contributed by atoms with Crippen molar-refractivity contribution >= 4 is 100.0 Å². The topological polar surface area (TPSA) is 518 Å². The van der Waals surface area contributed by atoms with Gasteiger partial charge in [0.2, 0.25) is 70.1 Å². The summed E-state index contributed by atoms with van der Waals surface area (Å²) in [6.45, 7) is 6.71. The summed E-state index contributed by atoms with van der Waals surface area (Å²) in [5, 5.41) is 49.2. The number of nitrogens with two attached hydrogens (primary N) is 3. The van der Waals surface area contributed by atoms with Crippen molar-refractivity contribution in [2.45, 2.75) is 185 Å². The van der Waals surface area contributed by atoms with Crippen LogP contribution in [0.15, 0.2) is 0 Å². The highest BCUT2D eigenvalue weighted by atomic mass is 32.2. The summed E-state index contributed by atoms with van der Waals surface area (Å²) in [6.07, 6.45) is -0.497. The number of carbonyl (C=O) groups is 15. The summed E-state index contributed by atoms with van der Waals surface area (Å²) in [7, 11) is 0. The van der Waals surface area contributed by atoms with Crippen LogP contribution in [0.5, 0.6) is 0 Å². The predicted molar refractivity (Wildman–Crippen MR) is 296 cm³/mol. The van der Waals surface area contributed by atoms with Crippen LogP contribution < -0.4 is 69.8 Å². The smallest absolute Gasteiger partial charge is 0.321 e. The van der Waals surface area contributed by atoms with Crippen molar-refractivity contribution in [3.63, 3.8) is 0 Å². The fourth-order valence-electron chi connectivity index (χ4n) is 8.07. The van der Waals surface area contributed by atoms with E-state index in [1.165, 1.54) is 6.92 Å². The van der Waals surface area contributed by atoms with Gasteiger partial charge in [0.25, 0.3) is 0 Å². The van der Waals surface area contributed by atoms with E-state index in [0.29, 0.717) is 44.2 Å². The second-order valence-electron chi connectivity index (χ2n) is 20.1. The number of likely N-dealkylation sites (tertiary alicyclic amines) is 1. The van der Waals surface area contributed by atoms with Crippen LogP contribution in [0.4, 0.5) is 0 Å². The summed E-state index contributed by atoms with van der Waals surface area (Å²) < 4.78 is 2.57. The molecule has 1 heterocycles.